The normalized spacial score (nSPS) is 14.0. The summed E-state index contributed by atoms with van der Waals surface area (Å²) in [5, 5.41) is 20.4. The number of nitriles is 1. The van der Waals surface area contributed by atoms with Crippen molar-refractivity contribution in [2.45, 2.75) is 78.2 Å². The number of anilines is 2. The van der Waals surface area contributed by atoms with Crippen LogP contribution in [0.15, 0.2) is 24.3 Å². The third kappa shape index (κ3) is 10.1. The van der Waals surface area contributed by atoms with E-state index in [-0.39, 0.29) is 22.7 Å². The van der Waals surface area contributed by atoms with Crippen LogP contribution in [-0.2, 0) is 24.3 Å². The van der Waals surface area contributed by atoms with Gasteiger partial charge in [0.2, 0.25) is 11.9 Å². The van der Waals surface area contributed by atoms with E-state index in [0.717, 1.165) is 61.1 Å². The molecule has 50 heavy (non-hydrogen) atoms. The number of hydrogen-bond donors (Lipinski definition) is 3. The molecular formula is C37H45F3N8OS. The summed E-state index contributed by atoms with van der Waals surface area (Å²) in [4.78, 5) is 22.2. The molecule has 1 atom stereocenters. The van der Waals surface area contributed by atoms with Crippen LogP contribution in [-0.4, -0.2) is 64.7 Å². The lowest BCUT2D eigenvalue weighted by Crippen LogP contribution is -2.39. The molecule has 0 spiro atoms. The van der Waals surface area contributed by atoms with Gasteiger partial charge >= 0.3 is 6.18 Å². The number of fused-ring (bicyclic) bond motifs is 2. The maximum atomic E-state index is 13.0. The van der Waals surface area contributed by atoms with Crippen LogP contribution in [0, 0.1) is 49.4 Å². The summed E-state index contributed by atoms with van der Waals surface area (Å²) >= 11 is 1.05. The highest BCUT2D eigenvalue weighted by molar-refractivity contribution is 7.18. The standard InChI is InChI=1S/C31H34F3N7S.C4H9NO.C2H2/c1-5-20(6-2)17-41-23(16-35)13-25-19(3)21(7-8-27(25)41)18-40-11-9-22(10-12-40)37-28-26-14-24(15-31(32,33)34)42-29(26)39-30(36-4)38-28;1-3-4(6)5-2;1-2/h1,7-8,13-14,20,22H,6,9-12,15,17-18H2,2-4H3,(H2,36,37,38,39);3H2,1-2H3,(H,5,6);1-2H. The predicted molar refractivity (Wildman–Crippen MR) is 197 cm³/mol. The lowest BCUT2D eigenvalue weighted by molar-refractivity contribution is -0.126. The quantitative estimate of drug-likeness (QED) is 0.151. The molecule has 0 aliphatic carbocycles. The van der Waals surface area contributed by atoms with Crippen LogP contribution in [0.25, 0.3) is 21.1 Å². The third-order valence-electron chi connectivity index (χ3n) is 8.68. The van der Waals surface area contributed by atoms with Gasteiger partial charge in [-0.05, 0) is 55.5 Å². The second-order valence-electron chi connectivity index (χ2n) is 11.9. The van der Waals surface area contributed by atoms with Gasteiger partial charge in [-0.25, -0.2) is 4.98 Å². The first kappa shape index (κ1) is 39.7. The number of rotatable bonds is 10. The van der Waals surface area contributed by atoms with Crippen molar-refractivity contribution in [1.82, 2.24) is 24.8 Å². The molecule has 1 amide bonds. The van der Waals surface area contributed by atoms with Crippen molar-refractivity contribution in [3.05, 3.63) is 46.0 Å². The molecule has 9 nitrogen and oxygen atoms in total. The number of piperidine rings is 1. The molecule has 0 bridgehead atoms. The molecule has 4 aromatic rings. The summed E-state index contributed by atoms with van der Waals surface area (Å²) in [5.74, 6) is 3.96. The molecule has 1 unspecified atom stereocenters. The number of benzene rings is 1. The van der Waals surface area contributed by atoms with Crippen LogP contribution in [0.2, 0.25) is 0 Å². The zero-order chi connectivity index (χ0) is 37.0. The molecule has 1 aliphatic rings. The first-order chi connectivity index (χ1) is 23.9. The molecule has 3 N–H and O–H groups in total. The van der Waals surface area contributed by atoms with Crippen LogP contribution in [0.5, 0.6) is 0 Å². The Kier molecular flexibility index (Phi) is 14.5. The number of alkyl halides is 3. The molecule has 0 saturated carbocycles. The van der Waals surface area contributed by atoms with Crippen LogP contribution in [0.3, 0.4) is 0 Å². The summed E-state index contributed by atoms with van der Waals surface area (Å²) in [6.45, 7) is 9.17. The number of thiophene rings is 1. The maximum absolute atomic E-state index is 13.0. The zero-order valence-electron chi connectivity index (χ0n) is 29.2. The number of amides is 1. The highest BCUT2D eigenvalue weighted by Crippen LogP contribution is 2.35. The average Bonchev–Trinajstić information content (AvgIpc) is 3.69. The van der Waals surface area contributed by atoms with Crippen LogP contribution < -0.4 is 16.0 Å². The summed E-state index contributed by atoms with van der Waals surface area (Å²) in [6, 6.07) is 10.3. The number of halogens is 3. The second-order valence-corrected chi connectivity index (χ2v) is 13.0. The van der Waals surface area contributed by atoms with Gasteiger partial charge in [0.1, 0.15) is 22.4 Å². The second kappa shape index (κ2) is 18.3. The SMILES string of the molecule is C#C.C#CC(CC)Cn1c(C#N)cc2c(C)c(CN3CCC(Nc4nc(NC)nc5sc(CC(F)(F)F)cc45)CC3)ccc21.CCC(=O)NC. The molecule has 1 saturated heterocycles. The van der Waals surface area contributed by atoms with Gasteiger partial charge in [0.15, 0.2) is 0 Å². The Balaban J connectivity index is 0.000000765. The molecule has 13 heteroatoms. The Labute approximate surface area is 296 Å². The summed E-state index contributed by atoms with van der Waals surface area (Å²) in [6.07, 6.45) is 11.6. The molecule has 266 valence electrons. The van der Waals surface area contributed by atoms with Crippen LogP contribution >= 0.6 is 11.3 Å². The van der Waals surface area contributed by atoms with E-state index >= 15 is 0 Å². The van der Waals surface area contributed by atoms with Crippen LogP contribution in [0.4, 0.5) is 24.9 Å². The summed E-state index contributed by atoms with van der Waals surface area (Å²) in [5.41, 5.74) is 4.06. The molecule has 1 fully saturated rings. The molecule has 1 aliphatic heterocycles. The fourth-order valence-corrected chi connectivity index (χ4v) is 6.88. The number of carbonyl (C=O) groups excluding carboxylic acids is 1. The van der Waals surface area contributed by atoms with Crippen molar-refractivity contribution in [2.24, 2.45) is 5.92 Å². The fraction of sp³-hybridized carbons (Fsp3) is 0.459. The average molecular weight is 707 g/mol. The van der Waals surface area contributed by atoms with E-state index in [1.165, 1.54) is 11.1 Å². The number of aromatic nitrogens is 3. The largest absolute Gasteiger partial charge is 0.393 e. The number of likely N-dealkylation sites (tertiary alicyclic amines) is 1. The topological polar surface area (TPSA) is 111 Å². The van der Waals surface area contributed by atoms with E-state index in [1.807, 2.05) is 17.6 Å². The number of nitrogens with zero attached hydrogens (tertiary/aromatic N) is 5. The molecule has 0 radical (unpaired) electrons. The number of nitrogens with one attached hydrogen (secondary N) is 3. The third-order valence-corrected chi connectivity index (χ3v) is 9.71. The van der Waals surface area contributed by atoms with Crippen LogP contribution in [0.1, 0.15) is 61.2 Å². The van der Waals surface area contributed by atoms with E-state index in [4.69, 9.17) is 6.42 Å². The first-order valence-corrected chi connectivity index (χ1v) is 17.3. The number of terminal acetylenes is 2. The van der Waals surface area contributed by atoms with Gasteiger partial charge in [-0.2, -0.15) is 23.4 Å². The smallest absolute Gasteiger partial charge is 0.367 e. The van der Waals surface area contributed by atoms with E-state index in [0.29, 0.717) is 40.6 Å². The number of hydrogen-bond acceptors (Lipinski definition) is 8. The monoisotopic (exact) mass is 706 g/mol. The van der Waals surface area contributed by atoms with E-state index in [1.54, 1.807) is 20.2 Å². The van der Waals surface area contributed by atoms with Gasteiger partial charge in [-0.3, -0.25) is 9.69 Å². The predicted octanol–water partition coefficient (Wildman–Crippen LogP) is 7.10. The fourth-order valence-electron chi connectivity index (χ4n) is 5.83. The lowest BCUT2D eigenvalue weighted by Gasteiger charge is -2.33. The Bertz CT molecular complexity index is 1850. The lowest BCUT2D eigenvalue weighted by atomic mass is 10.0. The Morgan fingerprint density at radius 2 is 1.84 bits per heavy atom. The summed E-state index contributed by atoms with van der Waals surface area (Å²) in [7, 11) is 3.33. The Morgan fingerprint density at radius 3 is 2.38 bits per heavy atom. The molecule has 1 aromatic carbocycles. The van der Waals surface area contributed by atoms with Crippen molar-refractivity contribution in [3.8, 4) is 31.3 Å². The van der Waals surface area contributed by atoms with E-state index < -0.39 is 12.6 Å². The maximum Gasteiger partial charge on any atom is 0.393 e. The molecule has 3 aromatic heterocycles. The Morgan fingerprint density at radius 1 is 1.14 bits per heavy atom. The molecular weight excluding hydrogens is 662 g/mol. The Hall–Kier alpha value is -4.77. The van der Waals surface area contributed by atoms with E-state index in [2.05, 4.69) is 81.6 Å². The van der Waals surface area contributed by atoms with Crippen molar-refractivity contribution in [3.63, 3.8) is 0 Å². The van der Waals surface area contributed by atoms with E-state index in [9.17, 15) is 23.2 Å². The summed E-state index contributed by atoms with van der Waals surface area (Å²) < 4.78 is 41.1. The van der Waals surface area contributed by atoms with Gasteiger partial charge in [-0.15, -0.1) is 36.5 Å². The van der Waals surface area contributed by atoms with Crippen molar-refractivity contribution >= 4 is 50.1 Å². The highest BCUT2D eigenvalue weighted by atomic mass is 32.1. The van der Waals surface area contributed by atoms with Gasteiger partial charge in [0.05, 0.1) is 11.8 Å². The number of carbonyl (C=O) groups is 1. The first-order valence-electron chi connectivity index (χ1n) is 16.5. The van der Waals surface area contributed by atoms with Crippen molar-refractivity contribution in [1.29, 1.82) is 5.26 Å². The van der Waals surface area contributed by atoms with Crippen molar-refractivity contribution < 1.29 is 18.0 Å². The molecule has 4 heterocycles. The van der Waals surface area contributed by atoms with Gasteiger partial charge < -0.3 is 20.5 Å². The minimum atomic E-state index is -4.27. The highest BCUT2D eigenvalue weighted by Gasteiger charge is 2.29. The van der Waals surface area contributed by atoms with Crippen molar-refractivity contribution in [2.75, 3.05) is 37.8 Å². The van der Waals surface area contributed by atoms with Gasteiger partial charge in [0.25, 0.3) is 0 Å². The zero-order valence-corrected chi connectivity index (χ0v) is 30.1. The minimum Gasteiger partial charge on any atom is -0.367 e. The minimum absolute atomic E-state index is 0.0764. The van der Waals surface area contributed by atoms with Gasteiger partial charge in [0, 0.05) is 74.4 Å². The molecule has 5 rings (SSSR count). The van der Waals surface area contributed by atoms with Gasteiger partial charge in [-0.1, -0.05) is 19.9 Å². The number of aryl methyl sites for hydroxylation is 1.